The molecule has 0 bridgehead atoms. The van der Waals surface area contributed by atoms with E-state index < -0.39 is 0 Å². The molecule has 20 heavy (non-hydrogen) atoms. The number of benzene rings is 1. The van der Waals surface area contributed by atoms with Gasteiger partial charge in [-0.2, -0.15) is 0 Å². The van der Waals surface area contributed by atoms with Gasteiger partial charge in [-0.15, -0.1) is 0 Å². The Morgan fingerprint density at radius 3 is 2.70 bits per heavy atom. The van der Waals surface area contributed by atoms with Crippen molar-refractivity contribution < 1.29 is 4.79 Å². The van der Waals surface area contributed by atoms with Crippen molar-refractivity contribution >= 4 is 28.7 Å². The fourth-order valence-electron chi connectivity index (χ4n) is 2.05. The quantitative estimate of drug-likeness (QED) is 0.881. The summed E-state index contributed by atoms with van der Waals surface area (Å²) >= 11 is 1.49. The summed E-state index contributed by atoms with van der Waals surface area (Å²) in [6, 6.07) is 8.05. The summed E-state index contributed by atoms with van der Waals surface area (Å²) in [7, 11) is 0. The number of amides is 1. The summed E-state index contributed by atoms with van der Waals surface area (Å²) in [6.07, 6.45) is 0. The third-order valence-corrected chi connectivity index (χ3v) is 3.76. The molecule has 1 aromatic carbocycles. The molecule has 0 aliphatic heterocycles. The topological polar surface area (TPSA) is 46.9 Å². The van der Waals surface area contributed by atoms with Crippen LogP contribution in [-0.2, 0) is 11.3 Å². The van der Waals surface area contributed by atoms with Gasteiger partial charge in [0.15, 0.2) is 5.16 Å². The number of nitrogens with one attached hydrogen (secondary N) is 1. The lowest BCUT2D eigenvalue weighted by Crippen LogP contribution is -2.41. The van der Waals surface area contributed by atoms with E-state index in [2.05, 4.69) is 27.9 Å². The van der Waals surface area contributed by atoms with Crippen LogP contribution in [0.5, 0.6) is 0 Å². The number of aromatic nitrogens is 2. The minimum absolute atomic E-state index is 0.0391. The van der Waals surface area contributed by atoms with Gasteiger partial charge < -0.3 is 9.88 Å². The summed E-state index contributed by atoms with van der Waals surface area (Å²) in [4.78, 5) is 16.5. The SMILES string of the molecule is CCn1c(SCC(=O)NC(C)(C)C)nc2ccccc21. The van der Waals surface area contributed by atoms with Crippen LogP contribution < -0.4 is 5.32 Å². The molecular formula is C15H21N3OS. The number of carbonyl (C=O) groups excluding carboxylic acids is 1. The van der Waals surface area contributed by atoms with E-state index >= 15 is 0 Å². The molecule has 0 aliphatic rings. The van der Waals surface area contributed by atoms with E-state index in [4.69, 9.17) is 0 Å². The standard InChI is InChI=1S/C15H21N3OS/c1-5-18-12-9-7-6-8-11(12)16-14(18)20-10-13(19)17-15(2,3)4/h6-9H,5,10H2,1-4H3,(H,17,19). The normalized spacial score (nSPS) is 11.8. The Bertz CT molecular complexity index is 613. The second kappa shape index (κ2) is 5.87. The van der Waals surface area contributed by atoms with Crippen LogP contribution in [0, 0.1) is 0 Å². The second-order valence-electron chi connectivity index (χ2n) is 5.71. The number of carbonyl (C=O) groups is 1. The molecule has 108 valence electrons. The third-order valence-electron chi connectivity index (χ3n) is 2.78. The molecule has 0 atom stereocenters. The van der Waals surface area contributed by atoms with Gasteiger partial charge in [-0.05, 0) is 39.8 Å². The molecular weight excluding hydrogens is 270 g/mol. The zero-order valence-corrected chi connectivity index (χ0v) is 13.3. The van der Waals surface area contributed by atoms with Crippen LogP contribution in [-0.4, -0.2) is 26.8 Å². The molecule has 4 nitrogen and oxygen atoms in total. The minimum Gasteiger partial charge on any atom is -0.351 e. The van der Waals surface area contributed by atoms with Gasteiger partial charge in [-0.3, -0.25) is 4.79 Å². The van der Waals surface area contributed by atoms with Gasteiger partial charge in [0.1, 0.15) is 0 Å². The van der Waals surface area contributed by atoms with Crippen molar-refractivity contribution in [3.8, 4) is 0 Å². The second-order valence-corrected chi connectivity index (χ2v) is 6.66. The fraction of sp³-hybridized carbons (Fsp3) is 0.467. The van der Waals surface area contributed by atoms with E-state index in [0.717, 1.165) is 22.7 Å². The Hall–Kier alpha value is -1.49. The first-order chi connectivity index (χ1) is 9.40. The highest BCUT2D eigenvalue weighted by molar-refractivity contribution is 7.99. The van der Waals surface area contributed by atoms with Crippen molar-refractivity contribution in [3.05, 3.63) is 24.3 Å². The maximum atomic E-state index is 11.9. The van der Waals surface area contributed by atoms with Crippen molar-refractivity contribution in [3.63, 3.8) is 0 Å². The summed E-state index contributed by atoms with van der Waals surface area (Å²) in [5.41, 5.74) is 1.91. The molecule has 2 aromatic rings. The maximum Gasteiger partial charge on any atom is 0.230 e. The van der Waals surface area contributed by atoms with Gasteiger partial charge in [-0.1, -0.05) is 23.9 Å². The Balaban J connectivity index is 2.12. The molecule has 0 fully saturated rings. The highest BCUT2D eigenvalue weighted by atomic mass is 32.2. The molecule has 0 saturated heterocycles. The summed E-state index contributed by atoms with van der Waals surface area (Å²) < 4.78 is 2.14. The predicted octanol–water partition coefficient (Wildman–Crippen LogP) is 3.06. The number of imidazole rings is 1. The maximum absolute atomic E-state index is 11.9. The van der Waals surface area contributed by atoms with Crippen LogP contribution in [0.4, 0.5) is 0 Å². The molecule has 5 heteroatoms. The molecule has 0 radical (unpaired) electrons. The van der Waals surface area contributed by atoms with Crippen molar-refractivity contribution in [2.75, 3.05) is 5.75 Å². The van der Waals surface area contributed by atoms with Crippen molar-refractivity contribution in [1.82, 2.24) is 14.9 Å². The molecule has 2 rings (SSSR count). The van der Waals surface area contributed by atoms with Gasteiger partial charge in [0.25, 0.3) is 0 Å². The number of fused-ring (bicyclic) bond motifs is 1. The molecule has 1 amide bonds. The summed E-state index contributed by atoms with van der Waals surface area (Å²) in [5, 5.41) is 3.86. The number of thioether (sulfide) groups is 1. The molecule has 0 saturated carbocycles. The number of nitrogens with zero attached hydrogens (tertiary/aromatic N) is 2. The van der Waals surface area contributed by atoms with Crippen molar-refractivity contribution in [2.45, 2.75) is 44.9 Å². The molecule has 0 unspecified atom stereocenters. The largest absolute Gasteiger partial charge is 0.351 e. The van der Waals surface area contributed by atoms with Gasteiger partial charge in [0, 0.05) is 12.1 Å². The smallest absolute Gasteiger partial charge is 0.230 e. The average Bonchev–Trinajstić information content (AvgIpc) is 2.71. The van der Waals surface area contributed by atoms with Crippen LogP contribution in [0.3, 0.4) is 0 Å². The lowest BCUT2D eigenvalue weighted by molar-refractivity contribution is -0.119. The van der Waals surface area contributed by atoms with Gasteiger partial charge >= 0.3 is 0 Å². The molecule has 1 heterocycles. The third kappa shape index (κ3) is 3.54. The first-order valence-electron chi connectivity index (χ1n) is 6.80. The van der Waals surface area contributed by atoms with Crippen LogP contribution in [0.25, 0.3) is 11.0 Å². The van der Waals surface area contributed by atoms with Crippen molar-refractivity contribution in [2.24, 2.45) is 0 Å². The van der Waals surface area contributed by atoms with Gasteiger partial charge in [-0.25, -0.2) is 4.98 Å². The van der Waals surface area contributed by atoms with E-state index in [-0.39, 0.29) is 11.4 Å². The number of rotatable bonds is 4. The Kier molecular flexibility index (Phi) is 4.38. The lowest BCUT2D eigenvalue weighted by atomic mass is 10.1. The number of para-hydroxylation sites is 2. The zero-order valence-electron chi connectivity index (χ0n) is 12.4. The van der Waals surface area contributed by atoms with Crippen LogP contribution >= 0.6 is 11.8 Å². The van der Waals surface area contributed by atoms with Gasteiger partial charge in [0.2, 0.25) is 5.91 Å². The minimum atomic E-state index is -0.192. The van der Waals surface area contributed by atoms with Crippen LogP contribution in [0.1, 0.15) is 27.7 Å². The Morgan fingerprint density at radius 1 is 1.35 bits per heavy atom. The molecule has 1 aromatic heterocycles. The number of hydrogen-bond acceptors (Lipinski definition) is 3. The van der Waals surface area contributed by atoms with Crippen LogP contribution in [0.15, 0.2) is 29.4 Å². The molecule has 0 spiro atoms. The van der Waals surface area contributed by atoms with Crippen LogP contribution in [0.2, 0.25) is 0 Å². The zero-order chi connectivity index (χ0) is 14.8. The predicted molar refractivity (Wildman–Crippen MR) is 84.0 cm³/mol. The monoisotopic (exact) mass is 291 g/mol. The molecule has 0 aliphatic carbocycles. The first-order valence-corrected chi connectivity index (χ1v) is 7.78. The van der Waals surface area contributed by atoms with E-state index in [9.17, 15) is 4.79 Å². The highest BCUT2D eigenvalue weighted by Gasteiger charge is 2.16. The van der Waals surface area contributed by atoms with Gasteiger partial charge in [0.05, 0.1) is 16.8 Å². The number of hydrogen-bond donors (Lipinski definition) is 1. The number of aryl methyl sites for hydroxylation is 1. The van der Waals surface area contributed by atoms with E-state index in [0.29, 0.717) is 5.75 Å². The average molecular weight is 291 g/mol. The molecule has 1 N–H and O–H groups in total. The summed E-state index contributed by atoms with van der Waals surface area (Å²) in [5.74, 6) is 0.429. The summed E-state index contributed by atoms with van der Waals surface area (Å²) in [6.45, 7) is 8.89. The van der Waals surface area contributed by atoms with E-state index in [1.54, 1.807) is 0 Å². The lowest BCUT2D eigenvalue weighted by Gasteiger charge is -2.20. The first kappa shape index (κ1) is 14.9. The Labute approximate surface area is 124 Å². The van der Waals surface area contributed by atoms with Crippen molar-refractivity contribution in [1.29, 1.82) is 0 Å². The fourth-order valence-corrected chi connectivity index (χ4v) is 2.93. The Morgan fingerprint density at radius 2 is 2.05 bits per heavy atom. The van der Waals surface area contributed by atoms with E-state index in [1.165, 1.54) is 11.8 Å². The highest BCUT2D eigenvalue weighted by Crippen LogP contribution is 2.23. The van der Waals surface area contributed by atoms with E-state index in [1.807, 2.05) is 39.0 Å².